The zero-order chi connectivity index (χ0) is 30.1. The highest BCUT2D eigenvalue weighted by Crippen LogP contribution is 2.64. The summed E-state index contributed by atoms with van der Waals surface area (Å²) in [6.07, 6.45) is 4.97. The van der Waals surface area contributed by atoms with Gasteiger partial charge in [-0.05, 0) is 51.5 Å². The third-order valence-corrected chi connectivity index (χ3v) is 9.17. The predicted molar refractivity (Wildman–Crippen MR) is 158 cm³/mol. The van der Waals surface area contributed by atoms with E-state index in [1.165, 1.54) is 0 Å². The van der Waals surface area contributed by atoms with Crippen LogP contribution in [0.15, 0.2) is 55.6 Å². The van der Waals surface area contributed by atoms with Crippen molar-refractivity contribution in [1.29, 1.82) is 0 Å². The Morgan fingerprint density at radius 2 is 1.76 bits per heavy atom. The molecule has 0 radical (unpaired) electrons. The number of nitrogens with zero attached hydrogens (tertiary/aromatic N) is 3. The molecule has 1 aromatic rings. The van der Waals surface area contributed by atoms with Gasteiger partial charge in [0.25, 0.3) is 0 Å². The third kappa shape index (κ3) is 5.37. The second kappa shape index (κ2) is 12.1. The second-order valence-corrected chi connectivity index (χ2v) is 12.8. The number of hydrogen-bond donors (Lipinski definition) is 1. The highest BCUT2D eigenvalue weighted by molar-refractivity contribution is 5.99. The summed E-state index contributed by atoms with van der Waals surface area (Å²) < 4.78 is 6.83. The molecule has 3 heterocycles. The van der Waals surface area contributed by atoms with Gasteiger partial charge < -0.3 is 24.5 Å². The first kappa shape index (κ1) is 31.0. The van der Waals surface area contributed by atoms with Crippen LogP contribution >= 0.6 is 0 Å². The highest BCUT2D eigenvalue weighted by atomic mass is 16.5. The van der Waals surface area contributed by atoms with Crippen molar-refractivity contribution in [3.63, 3.8) is 0 Å². The van der Waals surface area contributed by atoms with Crippen LogP contribution in [0.2, 0.25) is 0 Å². The van der Waals surface area contributed by atoms with E-state index in [4.69, 9.17) is 4.74 Å². The van der Waals surface area contributed by atoms with Gasteiger partial charge in [0.15, 0.2) is 0 Å². The number of rotatable bonds is 13. The lowest BCUT2D eigenvalue weighted by molar-refractivity contribution is -0.157. The second-order valence-electron chi connectivity index (χ2n) is 12.8. The van der Waals surface area contributed by atoms with E-state index in [2.05, 4.69) is 13.2 Å². The molecule has 3 fully saturated rings. The fourth-order valence-electron chi connectivity index (χ4n) is 7.47. The van der Waals surface area contributed by atoms with Crippen LogP contribution in [0.1, 0.15) is 59.4 Å². The molecule has 2 bridgehead atoms. The Kier molecular flexibility index (Phi) is 9.14. The first-order chi connectivity index (χ1) is 19.5. The van der Waals surface area contributed by atoms with Gasteiger partial charge in [-0.1, -0.05) is 56.3 Å². The largest absolute Gasteiger partial charge is 0.394 e. The SMILES string of the molecule is C=CCN(Cc1ccccc1)C(=O)[C@@H]1[C@H]2C(=O)N([C@@H](CO)CC(C)C)C(C(=O)N(CC=C)C(C)C)C23CC[C@@]1(C)O3. The molecule has 1 spiro atoms. The summed E-state index contributed by atoms with van der Waals surface area (Å²) in [6, 6.07) is 8.12. The van der Waals surface area contributed by atoms with Crippen LogP contribution in [0, 0.1) is 17.8 Å². The lowest BCUT2D eigenvalue weighted by Crippen LogP contribution is -2.60. The fourth-order valence-corrected chi connectivity index (χ4v) is 7.47. The maximum absolute atomic E-state index is 14.6. The maximum Gasteiger partial charge on any atom is 0.248 e. The molecular formula is C33H47N3O5. The Labute approximate surface area is 245 Å². The van der Waals surface area contributed by atoms with Gasteiger partial charge in [-0.25, -0.2) is 0 Å². The van der Waals surface area contributed by atoms with Crippen LogP contribution in [0.25, 0.3) is 0 Å². The molecule has 41 heavy (non-hydrogen) atoms. The van der Waals surface area contributed by atoms with Crippen molar-refractivity contribution in [2.24, 2.45) is 17.8 Å². The highest BCUT2D eigenvalue weighted by Gasteiger charge is 2.78. The fraction of sp³-hybridized carbons (Fsp3) is 0.606. The molecule has 3 saturated heterocycles. The number of ether oxygens (including phenoxy) is 1. The molecule has 3 aliphatic rings. The van der Waals surface area contributed by atoms with Gasteiger partial charge in [0.1, 0.15) is 11.6 Å². The molecule has 8 nitrogen and oxygen atoms in total. The Morgan fingerprint density at radius 1 is 1.10 bits per heavy atom. The standard InChI is InChI=1S/C33H47N3O5/c1-8-17-34(20-24-13-11-10-12-14-24)29(38)26-27-30(39)36(25(21-37)19-22(3)4)28(31(40)35(18-9-2)23(5)6)33(27)16-15-32(26,7)41-33/h8-14,22-23,25-28,37H,1-2,15-21H2,3-7H3/t25-,26+,27+,28?,32-,33?/m1/s1. The average molecular weight is 566 g/mol. The van der Waals surface area contributed by atoms with Crippen LogP contribution in [-0.4, -0.2) is 86.6 Å². The molecule has 6 atom stereocenters. The van der Waals surface area contributed by atoms with Crippen LogP contribution in [0.3, 0.4) is 0 Å². The summed E-state index contributed by atoms with van der Waals surface area (Å²) in [7, 11) is 0. The molecule has 224 valence electrons. The number of benzene rings is 1. The van der Waals surface area contributed by atoms with Gasteiger partial charge in [0, 0.05) is 25.7 Å². The smallest absolute Gasteiger partial charge is 0.248 e. The van der Waals surface area contributed by atoms with Crippen molar-refractivity contribution in [2.75, 3.05) is 19.7 Å². The van der Waals surface area contributed by atoms with E-state index in [9.17, 15) is 19.5 Å². The van der Waals surface area contributed by atoms with Gasteiger partial charge >= 0.3 is 0 Å². The summed E-state index contributed by atoms with van der Waals surface area (Å²) in [6.45, 7) is 18.3. The quantitative estimate of drug-likeness (QED) is 0.368. The minimum Gasteiger partial charge on any atom is -0.394 e. The van der Waals surface area contributed by atoms with Crippen molar-refractivity contribution < 1.29 is 24.2 Å². The monoisotopic (exact) mass is 565 g/mol. The van der Waals surface area contributed by atoms with E-state index < -0.39 is 35.1 Å². The van der Waals surface area contributed by atoms with Gasteiger partial charge in [-0.2, -0.15) is 0 Å². The van der Waals surface area contributed by atoms with E-state index in [-0.39, 0.29) is 36.3 Å². The van der Waals surface area contributed by atoms with E-state index in [0.717, 1.165) is 5.56 Å². The lowest BCUT2D eigenvalue weighted by atomic mass is 9.66. The topological polar surface area (TPSA) is 90.4 Å². The molecule has 4 rings (SSSR count). The predicted octanol–water partition coefficient (Wildman–Crippen LogP) is 3.80. The number of carbonyl (C=O) groups is 3. The molecule has 1 aromatic carbocycles. The van der Waals surface area contributed by atoms with Crippen molar-refractivity contribution in [1.82, 2.24) is 14.7 Å². The summed E-state index contributed by atoms with van der Waals surface area (Å²) in [5, 5.41) is 10.5. The number of aliphatic hydroxyl groups excluding tert-OH is 1. The van der Waals surface area contributed by atoms with Gasteiger partial charge in [-0.3, -0.25) is 14.4 Å². The summed E-state index contributed by atoms with van der Waals surface area (Å²) >= 11 is 0. The Balaban J connectivity index is 1.80. The van der Waals surface area contributed by atoms with Crippen molar-refractivity contribution in [3.8, 4) is 0 Å². The van der Waals surface area contributed by atoms with Crippen molar-refractivity contribution >= 4 is 17.7 Å². The van der Waals surface area contributed by atoms with Gasteiger partial charge in [0.2, 0.25) is 17.7 Å². The number of carbonyl (C=O) groups excluding carboxylic acids is 3. The number of aliphatic hydroxyl groups is 1. The van der Waals surface area contributed by atoms with Crippen molar-refractivity contribution in [2.45, 2.75) is 89.8 Å². The van der Waals surface area contributed by atoms with Crippen molar-refractivity contribution in [3.05, 3.63) is 61.2 Å². The maximum atomic E-state index is 14.6. The molecule has 8 heteroatoms. The first-order valence-electron chi connectivity index (χ1n) is 14.9. The van der Waals surface area contributed by atoms with Crippen LogP contribution in [-0.2, 0) is 25.7 Å². The molecule has 2 unspecified atom stereocenters. The molecular weight excluding hydrogens is 518 g/mol. The third-order valence-electron chi connectivity index (χ3n) is 9.17. The Bertz CT molecular complexity index is 1150. The molecule has 0 aliphatic carbocycles. The Morgan fingerprint density at radius 3 is 2.32 bits per heavy atom. The molecule has 3 amide bonds. The van der Waals surface area contributed by atoms with E-state index in [1.807, 2.05) is 65.0 Å². The Hall–Kier alpha value is -2.97. The number of likely N-dealkylation sites (tertiary alicyclic amines) is 1. The van der Waals surface area contributed by atoms with E-state index in [1.54, 1.807) is 26.9 Å². The minimum absolute atomic E-state index is 0.133. The lowest BCUT2D eigenvalue weighted by Gasteiger charge is -2.40. The molecule has 0 aromatic heterocycles. The van der Waals surface area contributed by atoms with Crippen LogP contribution in [0.5, 0.6) is 0 Å². The molecule has 1 N–H and O–H groups in total. The van der Waals surface area contributed by atoms with E-state index >= 15 is 0 Å². The molecule has 0 saturated carbocycles. The zero-order valence-electron chi connectivity index (χ0n) is 25.3. The van der Waals surface area contributed by atoms with Gasteiger partial charge in [-0.15, -0.1) is 13.2 Å². The number of fused-ring (bicyclic) bond motifs is 1. The van der Waals surface area contributed by atoms with E-state index in [0.29, 0.717) is 38.9 Å². The normalized spacial score (nSPS) is 29.1. The summed E-state index contributed by atoms with van der Waals surface area (Å²) in [4.78, 5) is 48.5. The number of amides is 3. The average Bonchev–Trinajstić information content (AvgIpc) is 3.50. The zero-order valence-corrected chi connectivity index (χ0v) is 25.3. The van der Waals surface area contributed by atoms with Crippen LogP contribution < -0.4 is 0 Å². The van der Waals surface area contributed by atoms with Gasteiger partial charge in [0.05, 0.1) is 30.1 Å². The number of hydrogen-bond acceptors (Lipinski definition) is 5. The summed E-state index contributed by atoms with van der Waals surface area (Å²) in [5.41, 5.74) is -1.05. The summed E-state index contributed by atoms with van der Waals surface area (Å²) in [5.74, 6) is -2.04. The first-order valence-corrected chi connectivity index (χ1v) is 14.9. The van der Waals surface area contributed by atoms with Crippen LogP contribution in [0.4, 0.5) is 0 Å². The minimum atomic E-state index is -1.14. The molecule has 3 aliphatic heterocycles.